The van der Waals surface area contributed by atoms with Gasteiger partial charge in [0.15, 0.2) is 0 Å². The average molecular weight is 705 g/mol. The molecule has 0 bridgehead atoms. The maximum absolute atomic E-state index is 2.56. The summed E-state index contributed by atoms with van der Waals surface area (Å²) >= 11 is 3.86. The van der Waals surface area contributed by atoms with E-state index < -0.39 is 0 Å². The van der Waals surface area contributed by atoms with Crippen molar-refractivity contribution in [2.45, 2.75) is 12.3 Å². The van der Waals surface area contributed by atoms with E-state index in [0.717, 1.165) is 6.42 Å². The van der Waals surface area contributed by atoms with E-state index in [9.17, 15) is 0 Å². The molecule has 0 aliphatic heterocycles. The third kappa shape index (κ3) is 4.80. The molecule has 0 saturated heterocycles. The molecule has 242 valence electrons. The first-order valence-corrected chi connectivity index (χ1v) is 19.0. The van der Waals surface area contributed by atoms with Crippen LogP contribution in [0.25, 0.3) is 83.8 Å². The first kappa shape index (κ1) is 30.6. The van der Waals surface area contributed by atoms with E-state index in [2.05, 4.69) is 164 Å². The van der Waals surface area contributed by atoms with Gasteiger partial charge >= 0.3 is 0 Å². The second-order valence-corrected chi connectivity index (χ2v) is 15.7. The molecule has 0 N–H and O–H groups in total. The Kier molecular flexibility index (Phi) is 7.18. The fraction of sp³-hybridized carbons (Fsp3) is 0.0417. The largest absolute Gasteiger partial charge is 0.197 e. The van der Waals surface area contributed by atoms with E-state index in [0.29, 0.717) is 0 Å². The number of benzene rings is 8. The van der Waals surface area contributed by atoms with Crippen molar-refractivity contribution in [2.75, 3.05) is 0 Å². The van der Waals surface area contributed by atoms with Crippen LogP contribution < -0.4 is 0 Å². The zero-order valence-corrected chi connectivity index (χ0v) is 30.3. The molecule has 1 atom stereocenters. The van der Waals surface area contributed by atoms with Gasteiger partial charge in [0, 0.05) is 46.3 Å². The smallest absolute Gasteiger partial charge is 0.0433 e. The van der Waals surface area contributed by atoms with E-state index in [4.69, 9.17) is 0 Å². The molecule has 0 fully saturated rings. The van der Waals surface area contributed by atoms with E-state index in [1.807, 2.05) is 22.7 Å². The number of hydrogen-bond acceptors (Lipinski definition) is 2. The van der Waals surface area contributed by atoms with Gasteiger partial charge in [-0.25, -0.2) is 0 Å². The van der Waals surface area contributed by atoms with Crippen LogP contribution in [0.4, 0.5) is 0 Å². The van der Waals surface area contributed by atoms with Gasteiger partial charge in [0.25, 0.3) is 0 Å². The van der Waals surface area contributed by atoms with Crippen LogP contribution in [0.15, 0.2) is 164 Å². The molecule has 2 aromatic heterocycles. The summed E-state index contributed by atoms with van der Waals surface area (Å²) in [6, 6.07) is 56.6. The van der Waals surface area contributed by atoms with E-state index in [-0.39, 0.29) is 19.4 Å². The highest BCUT2D eigenvalue weighted by Gasteiger charge is 2.24. The molecule has 1 aliphatic rings. The molecule has 3 heteroatoms. The molecular formula is C48H32S3. The summed E-state index contributed by atoms with van der Waals surface area (Å²) < 4.78 is 5.48. The first-order chi connectivity index (χ1) is 24.8. The third-order valence-corrected chi connectivity index (χ3v) is 13.3. The van der Waals surface area contributed by atoms with Gasteiger partial charge in [0.05, 0.1) is 0 Å². The van der Waals surface area contributed by atoms with E-state index in [1.54, 1.807) is 0 Å². The van der Waals surface area contributed by atoms with Gasteiger partial charge < -0.3 is 0 Å². The zero-order chi connectivity index (χ0) is 32.8. The fourth-order valence-electron chi connectivity index (χ4n) is 8.43. The first-order valence-electron chi connectivity index (χ1n) is 17.3. The van der Waals surface area contributed by atoms with Crippen molar-refractivity contribution in [1.82, 2.24) is 0 Å². The van der Waals surface area contributed by atoms with E-state index >= 15 is 0 Å². The average Bonchev–Trinajstić information content (AvgIpc) is 3.76. The molecule has 1 unspecified atom stereocenters. The van der Waals surface area contributed by atoms with Gasteiger partial charge in [-0.3, -0.25) is 0 Å². The van der Waals surface area contributed by atoms with Crippen LogP contribution in [0.5, 0.6) is 0 Å². The van der Waals surface area contributed by atoms with Gasteiger partial charge in [-0.1, -0.05) is 146 Å². The lowest BCUT2D eigenvalue weighted by Crippen LogP contribution is -2.04. The maximum atomic E-state index is 2.56. The SMILES string of the molecule is C1=C(c2ccc3ccc4c5ccccc5ccc4c3c2)CC(c2cccc3c2sc2ccccc23)C=C1c1cccc2c1sc1ccccc12.S. The van der Waals surface area contributed by atoms with Crippen molar-refractivity contribution in [3.63, 3.8) is 0 Å². The minimum atomic E-state index is 0. The Morgan fingerprint density at radius 1 is 0.451 bits per heavy atom. The second kappa shape index (κ2) is 12.0. The van der Waals surface area contributed by atoms with Crippen molar-refractivity contribution in [3.05, 3.63) is 181 Å². The summed E-state index contributed by atoms with van der Waals surface area (Å²) in [7, 11) is 0. The Labute approximate surface area is 311 Å². The van der Waals surface area contributed by atoms with Crippen molar-refractivity contribution in [3.8, 4) is 0 Å². The van der Waals surface area contributed by atoms with Gasteiger partial charge in [-0.15, -0.1) is 22.7 Å². The molecule has 10 aromatic rings. The molecule has 2 heterocycles. The van der Waals surface area contributed by atoms with Crippen LogP contribution in [0, 0.1) is 0 Å². The van der Waals surface area contributed by atoms with Crippen LogP contribution in [0.2, 0.25) is 0 Å². The Bertz CT molecular complexity index is 3080. The lowest BCUT2D eigenvalue weighted by molar-refractivity contribution is 0.881. The van der Waals surface area contributed by atoms with Gasteiger partial charge in [-0.2, -0.15) is 13.5 Å². The van der Waals surface area contributed by atoms with Crippen molar-refractivity contribution < 1.29 is 0 Å². The summed E-state index contributed by atoms with van der Waals surface area (Å²) in [4.78, 5) is 0. The number of fused-ring (bicyclic) bond motifs is 11. The number of rotatable bonds is 3. The standard InChI is InChI=1S/C48H30S2.H2S/c1-2-10-35-29(9-1)21-24-39-38(35)23-22-30-19-20-31(28-44(30)39)32-25-33(36-13-7-15-42-40-11-3-5-17-45(40)49-47(36)42)27-34(26-32)37-14-8-16-43-41-12-4-6-18-46(41)50-48(37)43;/h1-25,27-28,34H,26H2;1H2. The summed E-state index contributed by atoms with van der Waals surface area (Å²) in [5, 5.41) is 13.2. The lowest BCUT2D eigenvalue weighted by Gasteiger charge is -2.24. The zero-order valence-electron chi connectivity index (χ0n) is 27.7. The van der Waals surface area contributed by atoms with Crippen LogP contribution >= 0.6 is 36.2 Å². The second-order valence-electron chi connectivity index (χ2n) is 13.6. The number of allylic oxidation sites excluding steroid dienone is 4. The summed E-state index contributed by atoms with van der Waals surface area (Å²) in [6.07, 6.45) is 6.01. The predicted molar refractivity (Wildman–Crippen MR) is 231 cm³/mol. The third-order valence-electron chi connectivity index (χ3n) is 10.8. The van der Waals surface area contributed by atoms with Crippen molar-refractivity contribution in [2.24, 2.45) is 0 Å². The van der Waals surface area contributed by atoms with Crippen LogP contribution in [0.1, 0.15) is 29.0 Å². The summed E-state index contributed by atoms with van der Waals surface area (Å²) in [6.45, 7) is 0. The van der Waals surface area contributed by atoms with Crippen LogP contribution in [-0.2, 0) is 0 Å². The monoisotopic (exact) mass is 704 g/mol. The van der Waals surface area contributed by atoms with Gasteiger partial charge in [0.1, 0.15) is 0 Å². The van der Waals surface area contributed by atoms with Crippen molar-refractivity contribution >= 4 is 120 Å². The fourth-order valence-corrected chi connectivity index (χ4v) is 10.9. The molecule has 11 rings (SSSR count). The minimum absolute atomic E-state index is 0. The highest BCUT2D eigenvalue weighted by atomic mass is 32.1. The Hall–Kier alpha value is -5.19. The number of thiophene rings is 2. The molecule has 0 radical (unpaired) electrons. The summed E-state index contributed by atoms with van der Waals surface area (Å²) in [5.74, 6) is 0.249. The molecule has 0 saturated carbocycles. The Balaban J connectivity index is 0.00000327. The van der Waals surface area contributed by atoms with Crippen LogP contribution in [-0.4, -0.2) is 0 Å². The number of hydrogen-bond donors (Lipinski definition) is 0. The molecular weight excluding hydrogens is 673 g/mol. The quantitative estimate of drug-likeness (QED) is 0.161. The van der Waals surface area contributed by atoms with Gasteiger partial charge in [-0.05, 0) is 84.8 Å². The Morgan fingerprint density at radius 2 is 1.04 bits per heavy atom. The molecule has 0 nitrogen and oxygen atoms in total. The maximum Gasteiger partial charge on any atom is 0.0433 e. The summed E-state index contributed by atoms with van der Waals surface area (Å²) in [5.41, 5.74) is 6.76. The molecule has 0 amide bonds. The normalized spacial score (nSPS) is 14.9. The highest BCUT2D eigenvalue weighted by Crippen LogP contribution is 2.47. The molecule has 8 aromatic carbocycles. The minimum Gasteiger partial charge on any atom is -0.197 e. The van der Waals surface area contributed by atoms with Gasteiger partial charge in [0.2, 0.25) is 0 Å². The molecule has 51 heavy (non-hydrogen) atoms. The van der Waals surface area contributed by atoms with E-state index in [1.165, 1.54) is 100 Å². The topological polar surface area (TPSA) is 0 Å². The molecule has 1 aliphatic carbocycles. The van der Waals surface area contributed by atoms with Crippen LogP contribution in [0.3, 0.4) is 0 Å². The highest BCUT2D eigenvalue weighted by molar-refractivity contribution is 7.59. The predicted octanol–water partition coefficient (Wildman–Crippen LogP) is 14.6. The van der Waals surface area contributed by atoms with Crippen molar-refractivity contribution in [1.29, 1.82) is 0 Å². The lowest BCUT2D eigenvalue weighted by atomic mass is 9.80. The molecule has 0 spiro atoms. The Morgan fingerprint density at radius 3 is 1.82 bits per heavy atom.